The number of nitrogens with zero attached hydrogens (tertiary/aromatic N) is 5. The van der Waals surface area contributed by atoms with Gasteiger partial charge in [0.1, 0.15) is 11.5 Å². The standard InChI is InChI=1S/C22H24N8O2/c1-30(2)10-3-4-11-32-20-15-27-19(14-28-20)22(31)29-16-7-9-24-17(12-16)13-26-18-6-5-8-25-21(18)23/h5-9,12,14-15,26H,10-11,13H2,1-2H3,(H2,23,25)(H,24,29,31). The molecule has 3 heterocycles. The maximum absolute atomic E-state index is 12.5. The monoisotopic (exact) mass is 432 g/mol. The Labute approximate surface area is 186 Å². The van der Waals surface area contributed by atoms with Crippen LogP contribution in [0.3, 0.4) is 0 Å². The van der Waals surface area contributed by atoms with E-state index in [1.54, 1.807) is 30.6 Å². The molecule has 0 saturated heterocycles. The lowest BCUT2D eigenvalue weighted by molar-refractivity contribution is 0.102. The minimum absolute atomic E-state index is 0.163. The zero-order chi connectivity index (χ0) is 22.8. The topological polar surface area (TPSA) is 131 Å². The van der Waals surface area contributed by atoms with Gasteiger partial charge in [0.05, 0.1) is 36.9 Å². The van der Waals surface area contributed by atoms with Crippen molar-refractivity contribution in [1.82, 2.24) is 24.8 Å². The molecule has 0 fully saturated rings. The number of anilines is 3. The fraction of sp³-hybridized carbons (Fsp3) is 0.227. The number of nitrogen functional groups attached to an aromatic ring is 1. The van der Waals surface area contributed by atoms with Crippen molar-refractivity contribution in [3.05, 3.63) is 60.4 Å². The third kappa shape index (κ3) is 6.93. The van der Waals surface area contributed by atoms with Gasteiger partial charge in [0, 0.05) is 18.1 Å². The third-order valence-electron chi connectivity index (χ3n) is 4.05. The molecule has 0 aliphatic carbocycles. The number of hydrogen-bond donors (Lipinski definition) is 3. The van der Waals surface area contributed by atoms with Gasteiger partial charge in [-0.25, -0.2) is 15.0 Å². The zero-order valence-corrected chi connectivity index (χ0v) is 17.9. The van der Waals surface area contributed by atoms with Crippen molar-refractivity contribution in [3.8, 4) is 17.7 Å². The fourth-order valence-electron chi connectivity index (χ4n) is 2.48. The molecule has 0 spiro atoms. The van der Waals surface area contributed by atoms with Gasteiger partial charge in [-0.1, -0.05) is 11.8 Å². The lowest BCUT2D eigenvalue weighted by Crippen LogP contribution is -2.15. The van der Waals surface area contributed by atoms with E-state index in [2.05, 4.69) is 42.4 Å². The number of amides is 1. The molecule has 164 valence electrons. The molecule has 3 aromatic rings. The number of ether oxygens (including phenoxy) is 1. The second-order valence-corrected chi connectivity index (χ2v) is 6.90. The molecule has 0 aliphatic rings. The molecule has 1 amide bonds. The number of aromatic nitrogens is 4. The van der Waals surface area contributed by atoms with Crippen LogP contribution in [0.2, 0.25) is 0 Å². The summed E-state index contributed by atoms with van der Waals surface area (Å²) in [4.78, 5) is 31.0. The van der Waals surface area contributed by atoms with E-state index in [1.165, 1.54) is 12.4 Å². The molecule has 10 nitrogen and oxygen atoms in total. The van der Waals surface area contributed by atoms with Crippen LogP contribution in [0.15, 0.2) is 49.1 Å². The van der Waals surface area contributed by atoms with Crippen LogP contribution < -0.4 is 21.1 Å². The number of carbonyl (C=O) groups is 1. The van der Waals surface area contributed by atoms with E-state index < -0.39 is 5.91 Å². The van der Waals surface area contributed by atoms with Gasteiger partial charge in [0.25, 0.3) is 5.91 Å². The summed E-state index contributed by atoms with van der Waals surface area (Å²) in [6, 6.07) is 7.07. The molecule has 0 radical (unpaired) electrons. The summed E-state index contributed by atoms with van der Waals surface area (Å²) in [6.45, 7) is 1.27. The van der Waals surface area contributed by atoms with Crippen molar-refractivity contribution in [2.75, 3.05) is 43.6 Å². The first-order valence-corrected chi connectivity index (χ1v) is 9.77. The Hall–Kier alpha value is -4.23. The number of hydrogen-bond acceptors (Lipinski definition) is 9. The molecule has 0 aliphatic heterocycles. The Kier molecular flexibility index (Phi) is 7.89. The van der Waals surface area contributed by atoms with Crippen LogP contribution in [-0.2, 0) is 6.54 Å². The van der Waals surface area contributed by atoms with Gasteiger partial charge in [-0.2, -0.15) is 0 Å². The molecular weight excluding hydrogens is 408 g/mol. The van der Waals surface area contributed by atoms with Crippen LogP contribution in [0.25, 0.3) is 0 Å². The van der Waals surface area contributed by atoms with Gasteiger partial charge in [-0.3, -0.25) is 14.7 Å². The first kappa shape index (κ1) is 22.5. The summed E-state index contributed by atoms with van der Waals surface area (Å²) in [5.74, 6) is 6.15. The number of carbonyl (C=O) groups excluding carboxylic acids is 1. The molecule has 0 unspecified atom stereocenters. The average Bonchev–Trinajstić information content (AvgIpc) is 2.79. The fourth-order valence-corrected chi connectivity index (χ4v) is 2.48. The Morgan fingerprint density at radius 1 is 1.12 bits per heavy atom. The minimum atomic E-state index is -0.392. The zero-order valence-electron chi connectivity index (χ0n) is 17.9. The molecule has 0 bridgehead atoms. The normalized spacial score (nSPS) is 10.2. The van der Waals surface area contributed by atoms with Gasteiger partial charge in [-0.15, -0.1) is 0 Å². The van der Waals surface area contributed by atoms with E-state index in [9.17, 15) is 4.79 Å². The van der Waals surface area contributed by atoms with Crippen molar-refractivity contribution in [1.29, 1.82) is 0 Å². The number of rotatable bonds is 8. The number of pyridine rings is 2. The largest absolute Gasteiger partial charge is 0.463 e. The summed E-state index contributed by atoms with van der Waals surface area (Å²) < 4.78 is 5.40. The smallest absolute Gasteiger partial charge is 0.275 e. The molecule has 3 aromatic heterocycles. The maximum Gasteiger partial charge on any atom is 0.275 e. The highest BCUT2D eigenvalue weighted by atomic mass is 16.5. The molecule has 32 heavy (non-hydrogen) atoms. The molecular formula is C22H24N8O2. The van der Waals surface area contributed by atoms with Gasteiger partial charge in [-0.05, 0) is 38.4 Å². The summed E-state index contributed by atoms with van der Waals surface area (Å²) >= 11 is 0. The van der Waals surface area contributed by atoms with E-state index in [0.29, 0.717) is 36.2 Å². The van der Waals surface area contributed by atoms with Crippen molar-refractivity contribution in [3.63, 3.8) is 0 Å². The summed E-state index contributed by atoms with van der Waals surface area (Å²) in [6.07, 6.45) is 5.98. The Morgan fingerprint density at radius 2 is 2.00 bits per heavy atom. The lowest BCUT2D eigenvalue weighted by Gasteiger charge is -2.09. The van der Waals surface area contributed by atoms with Crippen molar-refractivity contribution < 1.29 is 9.53 Å². The molecule has 4 N–H and O–H groups in total. The number of nitrogens with two attached hydrogens (primary N) is 1. The van der Waals surface area contributed by atoms with Crippen LogP contribution in [0.4, 0.5) is 17.2 Å². The van der Waals surface area contributed by atoms with Gasteiger partial charge in [0.2, 0.25) is 5.88 Å². The van der Waals surface area contributed by atoms with Gasteiger partial charge < -0.3 is 21.1 Å². The highest BCUT2D eigenvalue weighted by Crippen LogP contribution is 2.16. The van der Waals surface area contributed by atoms with Crippen molar-refractivity contribution >= 4 is 23.1 Å². The molecule has 0 aromatic carbocycles. The van der Waals surface area contributed by atoms with E-state index in [4.69, 9.17) is 10.5 Å². The lowest BCUT2D eigenvalue weighted by atomic mass is 10.3. The average molecular weight is 432 g/mol. The highest BCUT2D eigenvalue weighted by molar-refractivity contribution is 6.02. The summed E-state index contributed by atoms with van der Waals surface area (Å²) in [5, 5.41) is 5.95. The molecule has 10 heteroatoms. The van der Waals surface area contributed by atoms with E-state index in [-0.39, 0.29) is 12.3 Å². The van der Waals surface area contributed by atoms with Gasteiger partial charge in [0.15, 0.2) is 6.61 Å². The Bertz CT molecular complexity index is 1110. The number of nitrogens with one attached hydrogen (secondary N) is 2. The Morgan fingerprint density at radius 3 is 2.75 bits per heavy atom. The first-order valence-electron chi connectivity index (χ1n) is 9.77. The summed E-state index contributed by atoms with van der Waals surface area (Å²) in [5.41, 5.74) is 8.00. The van der Waals surface area contributed by atoms with E-state index in [1.807, 2.05) is 25.1 Å². The van der Waals surface area contributed by atoms with E-state index in [0.717, 1.165) is 5.69 Å². The SMILES string of the molecule is CN(C)CC#CCOc1cnc(C(=O)Nc2ccnc(CNc3cccnc3N)c2)cn1. The summed E-state index contributed by atoms with van der Waals surface area (Å²) in [7, 11) is 3.88. The van der Waals surface area contributed by atoms with Crippen molar-refractivity contribution in [2.45, 2.75) is 6.54 Å². The van der Waals surface area contributed by atoms with Crippen molar-refractivity contribution in [2.24, 2.45) is 0 Å². The van der Waals surface area contributed by atoms with Crippen LogP contribution in [-0.4, -0.2) is 58.0 Å². The predicted octanol–water partition coefficient (Wildman–Crippen LogP) is 1.66. The Balaban J connectivity index is 1.53. The van der Waals surface area contributed by atoms with Crippen LogP contribution in [0.5, 0.6) is 5.88 Å². The maximum atomic E-state index is 12.5. The van der Waals surface area contributed by atoms with Gasteiger partial charge >= 0.3 is 0 Å². The molecule has 0 saturated carbocycles. The second-order valence-electron chi connectivity index (χ2n) is 6.90. The third-order valence-corrected chi connectivity index (χ3v) is 4.05. The van der Waals surface area contributed by atoms with Crippen LogP contribution in [0, 0.1) is 11.8 Å². The van der Waals surface area contributed by atoms with Crippen LogP contribution in [0.1, 0.15) is 16.2 Å². The van der Waals surface area contributed by atoms with Crippen LogP contribution >= 0.6 is 0 Å². The second kappa shape index (κ2) is 11.2. The van der Waals surface area contributed by atoms with E-state index >= 15 is 0 Å². The quantitative estimate of drug-likeness (QED) is 0.455. The molecule has 3 rings (SSSR count). The molecule has 0 atom stereocenters. The predicted molar refractivity (Wildman–Crippen MR) is 122 cm³/mol. The minimum Gasteiger partial charge on any atom is -0.463 e. The highest BCUT2D eigenvalue weighted by Gasteiger charge is 2.10. The first-order chi connectivity index (χ1) is 15.5.